The number of pyridine rings is 1. The van der Waals surface area contributed by atoms with Gasteiger partial charge in [0.25, 0.3) is 6.47 Å². The van der Waals surface area contributed by atoms with Gasteiger partial charge in [0.05, 0.1) is 55.3 Å². The molecule has 0 fully saturated rings. The number of allylic oxidation sites excluding steroid dienone is 6. The maximum absolute atomic E-state index is 14.0. The summed E-state index contributed by atoms with van der Waals surface area (Å²) in [5.41, 5.74) is 5.84. The molecule has 5 heterocycles. The Morgan fingerprint density at radius 3 is 2.46 bits per heavy atom. The molecule has 0 saturated carbocycles. The molecule has 14 heteroatoms. The number of benzene rings is 2. The van der Waals surface area contributed by atoms with Gasteiger partial charge in [0.1, 0.15) is 25.5 Å². The molecule has 0 atom stereocenters. The molecule has 0 amide bonds. The predicted molar refractivity (Wildman–Crippen MR) is 243 cm³/mol. The Morgan fingerprint density at radius 1 is 1.02 bits per heavy atom. The summed E-state index contributed by atoms with van der Waals surface area (Å²) in [4.78, 5) is 25.0. The highest BCUT2D eigenvalue weighted by Gasteiger charge is 2.42. The van der Waals surface area contributed by atoms with Crippen molar-refractivity contribution >= 4 is 64.3 Å². The lowest BCUT2D eigenvalue weighted by molar-refractivity contribution is -0.881. The molecule has 61 heavy (non-hydrogen) atoms. The van der Waals surface area contributed by atoms with Crippen molar-refractivity contribution in [1.29, 1.82) is 0 Å². The van der Waals surface area contributed by atoms with Crippen LogP contribution in [0.1, 0.15) is 44.4 Å². The smallest absolute Gasteiger partial charge is 0.418 e. The van der Waals surface area contributed by atoms with Crippen LogP contribution in [0.2, 0.25) is 0 Å². The summed E-state index contributed by atoms with van der Waals surface area (Å²) < 4.78 is 49.4. The van der Waals surface area contributed by atoms with E-state index in [4.69, 9.17) is 22.2 Å². The van der Waals surface area contributed by atoms with Gasteiger partial charge in [0.2, 0.25) is 0 Å². The zero-order chi connectivity index (χ0) is 43.9. The van der Waals surface area contributed by atoms with Crippen LogP contribution in [0.4, 0.5) is 30.4 Å². The van der Waals surface area contributed by atoms with E-state index in [1.165, 1.54) is 34.4 Å². The molecule has 0 bridgehead atoms. The number of rotatable bonds is 10. The van der Waals surface area contributed by atoms with Gasteiger partial charge in [-0.3, -0.25) is 4.79 Å². The number of amidine groups is 1. The minimum atomic E-state index is -4.66. The molecule has 0 saturated heterocycles. The summed E-state index contributed by atoms with van der Waals surface area (Å²) in [6.07, 6.45) is 12.4. The van der Waals surface area contributed by atoms with Gasteiger partial charge in [0.15, 0.2) is 10.8 Å². The van der Waals surface area contributed by atoms with Gasteiger partial charge in [-0.15, -0.1) is 0 Å². The van der Waals surface area contributed by atoms with E-state index in [2.05, 4.69) is 115 Å². The Hall–Kier alpha value is -5.57. The fourth-order valence-corrected chi connectivity index (χ4v) is 9.24. The van der Waals surface area contributed by atoms with Crippen LogP contribution in [0.3, 0.4) is 0 Å². The zero-order valence-electron chi connectivity index (χ0n) is 35.5. The molecule has 4 aliphatic rings. The number of aliphatic imine (C=N–C) groups is 2. The first-order valence-electron chi connectivity index (χ1n) is 19.8. The lowest BCUT2D eigenvalue weighted by Gasteiger charge is -2.37. The number of thioether (sulfide) groups is 1. The Morgan fingerprint density at radius 2 is 1.77 bits per heavy atom. The number of nitrogens with zero attached hydrogens (tertiary/aromatic N) is 5. The normalized spacial score (nSPS) is 20.0. The van der Waals surface area contributed by atoms with E-state index in [1.54, 1.807) is 11.8 Å². The van der Waals surface area contributed by atoms with E-state index >= 15 is 0 Å². The van der Waals surface area contributed by atoms with Gasteiger partial charge in [-0.25, -0.2) is 9.56 Å². The van der Waals surface area contributed by atoms with E-state index < -0.39 is 11.7 Å². The number of fused-ring (bicyclic) bond motifs is 2. The molecule has 0 radical (unpaired) electrons. The molecular formula is C47H50F3N7O2S2+2. The molecular weight excluding hydrogens is 816 g/mol. The number of hydrogen-bond donors (Lipinski definition) is 2. The number of quaternary nitrogens is 1. The average molecular weight is 866 g/mol. The second-order valence-electron chi connectivity index (χ2n) is 17.2. The van der Waals surface area contributed by atoms with Gasteiger partial charge in [-0.2, -0.15) is 13.2 Å². The van der Waals surface area contributed by atoms with Crippen LogP contribution in [0.15, 0.2) is 146 Å². The quantitative estimate of drug-likeness (QED) is 0.0910. The van der Waals surface area contributed by atoms with Gasteiger partial charge < -0.3 is 24.8 Å². The first-order chi connectivity index (χ1) is 28.8. The number of carbonyl (C=O) groups excluding carboxylic acids is 1. The Kier molecular flexibility index (Phi) is 11.9. The van der Waals surface area contributed by atoms with Crippen molar-refractivity contribution in [3.8, 4) is 0 Å². The van der Waals surface area contributed by atoms with Crippen molar-refractivity contribution in [2.45, 2.75) is 50.8 Å². The van der Waals surface area contributed by atoms with E-state index in [9.17, 15) is 18.0 Å². The Labute approximate surface area is 365 Å². The zero-order valence-corrected chi connectivity index (χ0v) is 37.1. The van der Waals surface area contributed by atoms with E-state index in [0.29, 0.717) is 5.69 Å². The standard InChI is InChI=1S/C47H49F3N7O2S2/c1-45(2)35-11-9-23-55(5)42(35)53-39(45)21-14-31-26-57(7,8)27-32(15-22-40-46(3,4)36-12-10-24-56(6)43(36)54-40)41(31)61-34-18-16-33(17-19-34)51-44(60)52-38-20-13-30(28-59-29-58)25-37(38)47(48,49)50/h9-25,29H,26-28H2,1-8H3,(H-,51,52,60)/q+1/p+1. The number of aromatic nitrogens is 1. The summed E-state index contributed by atoms with van der Waals surface area (Å²) in [5.74, 6) is 1.92. The number of nitrogens with one attached hydrogen (secondary N) is 2. The topological polar surface area (TPSA) is 82.2 Å². The summed E-state index contributed by atoms with van der Waals surface area (Å²) >= 11 is 7.12. The molecule has 316 valence electrons. The van der Waals surface area contributed by atoms with Crippen molar-refractivity contribution in [2.75, 3.05) is 44.9 Å². The minimum Gasteiger partial charge on any atom is -0.463 e. The number of ether oxygens (including phenoxy) is 1. The van der Waals surface area contributed by atoms with Gasteiger partial charge in [0, 0.05) is 50.9 Å². The number of anilines is 2. The number of likely N-dealkylation sites (N-methyl/N-ethyl adjacent to an activating group) is 2. The predicted octanol–water partition coefficient (Wildman–Crippen LogP) is 9.70. The van der Waals surface area contributed by atoms with Crippen LogP contribution in [0.25, 0.3) is 0 Å². The Balaban J connectivity index is 1.20. The lowest BCUT2D eigenvalue weighted by atomic mass is 9.81. The minimum absolute atomic E-state index is 0.00652. The van der Waals surface area contributed by atoms with E-state index in [1.807, 2.05) is 50.8 Å². The number of hydrogen-bond acceptors (Lipinski definition) is 7. The van der Waals surface area contributed by atoms with Crippen molar-refractivity contribution < 1.29 is 31.8 Å². The molecule has 4 aliphatic heterocycles. The first kappa shape index (κ1) is 43.5. The molecule has 9 nitrogen and oxygen atoms in total. The van der Waals surface area contributed by atoms with Crippen LogP contribution in [0.5, 0.6) is 0 Å². The molecule has 7 rings (SSSR count). The van der Waals surface area contributed by atoms with E-state index in [0.717, 1.165) is 56.5 Å². The third kappa shape index (κ3) is 9.21. The largest absolute Gasteiger partial charge is 0.463 e. The van der Waals surface area contributed by atoms with Crippen LogP contribution in [-0.4, -0.2) is 66.7 Å². The van der Waals surface area contributed by atoms with Crippen molar-refractivity contribution in [3.63, 3.8) is 0 Å². The lowest BCUT2D eigenvalue weighted by Crippen LogP contribution is -2.45. The molecule has 2 aromatic carbocycles. The number of aryl methyl sites for hydroxylation is 1. The highest BCUT2D eigenvalue weighted by atomic mass is 32.2. The van der Waals surface area contributed by atoms with E-state index in [-0.39, 0.29) is 40.3 Å². The second kappa shape index (κ2) is 16.7. The summed E-state index contributed by atoms with van der Waals surface area (Å²) in [6, 6.07) is 15.5. The van der Waals surface area contributed by atoms with Crippen LogP contribution in [-0.2, 0) is 34.8 Å². The third-order valence-corrected chi connectivity index (χ3v) is 12.8. The second-order valence-corrected chi connectivity index (χ2v) is 18.7. The van der Waals surface area contributed by atoms with Crippen LogP contribution < -0.4 is 15.2 Å². The molecule has 3 aromatic rings. The highest BCUT2D eigenvalue weighted by Crippen LogP contribution is 2.45. The molecule has 0 spiro atoms. The maximum Gasteiger partial charge on any atom is 0.418 e. The first-order valence-corrected chi connectivity index (χ1v) is 21.0. The summed E-state index contributed by atoms with van der Waals surface area (Å²) in [5, 5.41) is 5.70. The summed E-state index contributed by atoms with van der Waals surface area (Å²) in [7, 11) is 8.53. The maximum atomic E-state index is 14.0. The molecule has 0 aliphatic carbocycles. The number of carbonyl (C=O) groups is 1. The average Bonchev–Trinajstić information content (AvgIpc) is 3.61. The Bertz CT molecular complexity index is 2540. The SMILES string of the molecule is CN1C=CC=C2C1=N/C(=C\C=C1/C[N+](C)(C)CC(/C=C/C3=Nc4c(ccc[n+]4C)C3(C)C)=C1Sc1ccc(NC(=S)Nc3ccc(COC=O)cc3C(F)(F)F)cc1)C2(C)C. The van der Waals surface area contributed by atoms with Crippen LogP contribution >= 0.6 is 24.0 Å². The number of halogens is 3. The fraction of sp³-hybridized carbons (Fsp3) is 0.298. The van der Waals surface area contributed by atoms with Gasteiger partial charge >= 0.3 is 12.0 Å². The highest BCUT2D eigenvalue weighted by molar-refractivity contribution is 8.03. The number of thiocarbonyl (C=S) groups is 1. The van der Waals surface area contributed by atoms with Crippen LogP contribution in [0, 0.1) is 5.41 Å². The number of alkyl halides is 3. The fourth-order valence-electron chi connectivity index (χ4n) is 7.97. The van der Waals surface area contributed by atoms with Crippen molar-refractivity contribution in [3.05, 3.63) is 147 Å². The molecule has 2 N–H and O–H groups in total. The summed E-state index contributed by atoms with van der Waals surface area (Å²) in [6.45, 7) is 10.4. The molecule has 1 aromatic heterocycles. The van der Waals surface area contributed by atoms with Gasteiger partial charge in [-0.1, -0.05) is 43.8 Å². The van der Waals surface area contributed by atoms with Crippen molar-refractivity contribution in [1.82, 2.24) is 4.90 Å². The van der Waals surface area contributed by atoms with Gasteiger partial charge in [-0.05, 0) is 109 Å². The molecule has 0 unspecified atom stereocenters. The monoisotopic (exact) mass is 865 g/mol. The third-order valence-electron chi connectivity index (χ3n) is 11.3. The van der Waals surface area contributed by atoms with Crippen molar-refractivity contribution in [2.24, 2.45) is 22.4 Å².